The molecule has 2 aromatic rings. The van der Waals surface area contributed by atoms with Crippen molar-refractivity contribution >= 4 is 27.3 Å². The van der Waals surface area contributed by atoms with Gasteiger partial charge in [-0.1, -0.05) is 43.2 Å². The predicted octanol–water partition coefficient (Wildman–Crippen LogP) is 4.52. The second-order valence-corrected chi connectivity index (χ2v) is 9.03. The van der Waals surface area contributed by atoms with Gasteiger partial charge in [0.05, 0.1) is 11.9 Å². The van der Waals surface area contributed by atoms with Crippen LogP contribution >= 0.6 is 0 Å². The summed E-state index contributed by atoms with van der Waals surface area (Å²) in [7, 11) is -3.40. The van der Waals surface area contributed by atoms with E-state index in [2.05, 4.69) is 12.2 Å². The zero-order valence-electron chi connectivity index (χ0n) is 16.9. The van der Waals surface area contributed by atoms with Crippen LogP contribution in [0, 0.1) is 6.92 Å². The Morgan fingerprint density at radius 2 is 1.64 bits per heavy atom. The lowest BCUT2D eigenvalue weighted by Gasteiger charge is -2.22. The summed E-state index contributed by atoms with van der Waals surface area (Å²) in [6.07, 6.45) is 5.25. The van der Waals surface area contributed by atoms with Gasteiger partial charge in [0, 0.05) is 18.7 Å². The van der Waals surface area contributed by atoms with E-state index in [-0.39, 0.29) is 18.9 Å². The van der Waals surface area contributed by atoms with Crippen molar-refractivity contribution < 1.29 is 13.2 Å². The predicted molar refractivity (Wildman–Crippen MR) is 116 cm³/mol. The van der Waals surface area contributed by atoms with Crippen molar-refractivity contribution in [3.05, 3.63) is 59.7 Å². The number of sulfonamides is 1. The Kier molecular flexibility index (Phi) is 8.05. The van der Waals surface area contributed by atoms with E-state index in [9.17, 15) is 13.2 Å². The summed E-state index contributed by atoms with van der Waals surface area (Å²) in [4.78, 5) is 12.2. The summed E-state index contributed by atoms with van der Waals surface area (Å²) in [5.41, 5.74) is 3.72. The van der Waals surface area contributed by atoms with Crippen molar-refractivity contribution in [2.24, 2.45) is 0 Å². The van der Waals surface area contributed by atoms with Gasteiger partial charge < -0.3 is 5.32 Å². The average Bonchev–Trinajstić information content (AvgIpc) is 2.65. The number of benzene rings is 2. The summed E-state index contributed by atoms with van der Waals surface area (Å²) in [5.74, 6) is -0.112. The van der Waals surface area contributed by atoms with Crippen molar-refractivity contribution in [3.8, 4) is 0 Å². The maximum atomic E-state index is 12.2. The van der Waals surface area contributed by atoms with E-state index in [1.807, 2.05) is 43.3 Å². The lowest BCUT2D eigenvalue weighted by atomic mass is 10.1. The van der Waals surface area contributed by atoms with Crippen LogP contribution in [0.2, 0.25) is 0 Å². The largest absolute Gasteiger partial charge is 0.326 e. The molecule has 0 aliphatic carbocycles. The van der Waals surface area contributed by atoms with Gasteiger partial charge in [0.1, 0.15) is 0 Å². The van der Waals surface area contributed by atoms with Gasteiger partial charge in [-0.05, 0) is 56.0 Å². The Balaban J connectivity index is 1.87. The number of aryl methyl sites for hydroxylation is 2. The molecule has 2 rings (SSSR count). The lowest BCUT2D eigenvalue weighted by Crippen LogP contribution is -2.31. The van der Waals surface area contributed by atoms with E-state index >= 15 is 0 Å². The number of rotatable bonds is 10. The minimum Gasteiger partial charge on any atom is -0.326 e. The SMILES string of the molecule is CCCCc1ccc(NC(=O)CCCN(c2ccc(C)cc2)S(C)(=O)=O)cc1. The first-order valence-electron chi connectivity index (χ1n) is 9.73. The van der Waals surface area contributed by atoms with E-state index in [1.54, 1.807) is 12.1 Å². The molecule has 2 aromatic carbocycles. The number of anilines is 2. The highest BCUT2D eigenvalue weighted by atomic mass is 32.2. The Hall–Kier alpha value is -2.34. The molecule has 0 aliphatic heterocycles. The minimum atomic E-state index is -3.40. The molecule has 1 N–H and O–H groups in total. The van der Waals surface area contributed by atoms with Gasteiger partial charge in [0.2, 0.25) is 15.9 Å². The first-order chi connectivity index (χ1) is 13.3. The third-order valence-corrected chi connectivity index (χ3v) is 5.74. The topological polar surface area (TPSA) is 66.5 Å². The van der Waals surface area contributed by atoms with Gasteiger partial charge in [-0.2, -0.15) is 0 Å². The molecule has 0 aliphatic rings. The number of nitrogens with zero attached hydrogens (tertiary/aromatic N) is 1. The molecule has 6 heteroatoms. The van der Waals surface area contributed by atoms with Gasteiger partial charge in [0.15, 0.2) is 0 Å². The Morgan fingerprint density at radius 3 is 2.21 bits per heavy atom. The number of hydrogen-bond donors (Lipinski definition) is 1. The number of unbranched alkanes of at least 4 members (excludes halogenated alkanes) is 1. The molecule has 0 heterocycles. The number of hydrogen-bond acceptors (Lipinski definition) is 3. The molecule has 5 nitrogen and oxygen atoms in total. The van der Waals surface area contributed by atoms with Crippen molar-refractivity contribution in [2.45, 2.75) is 46.0 Å². The highest BCUT2D eigenvalue weighted by Crippen LogP contribution is 2.19. The fraction of sp³-hybridized carbons (Fsp3) is 0.409. The van der Waals surface area contributed by atoms with Crippen LogP contribution < -0.4 is 9.62 Å². The van der Waals surface area contributed by atoms with Crippen LogP contribution in [0.4, 0.5) is 11.4 Å². The summed E-state index contributed by atoms with van der Waals surface area (Å²) in [5, 5.41) is 2.88. The zero-order valence-corrected chi connectivity index (χ0v) is 17.8. The molecular formula is C22H30N2O3S. The first-order valence-corrected chi connectivity index (χ1v) is 11.6. The molecule has 28 heavy (non-hydrogen) atoms. The molecule has 0 bridgehead atoms. The van der Waals surface area contributed by atoms with Crippen LogP contribution in [-0.4, -0.2) is 27.1 Å². The third-order valence-electron chi connectivity index (χ3n) is 4.54. The fourth-order valence-corrected chi connectivity index (χ4v) is 3.91. The molecule has 0 fully saturated rings. The quantitative estimate of drug-likeness (QED) is 0.635. The van der Waals surface area contributed by atoms with E-state index in [4.69, 9.17) is 0 Å². The molecular weight excluding hydrogens is 372 g/mol. The van der Waals surface area contributed by atoms with Gasteiger partial charge in [0.25, 0.3) is 0 Å². The number of nitrogens with one attached hydrogen (secondary N) is 1. The monoisotopic (exact) mass is 402 g/mol. The number of carbonyl (C=O) groups is 1. The number of amides is 1. The second-order valence-electron chi connectivity index (χ2n) is 7.12. The highest BCUT2D eigenvalue weighted by Gasteiger charge is 2.17. The van der Waals surface area contributed by atoms with Crippen molar-refractivity contribution in [1.29, 1.82) is 0 Å². The second kappa shape index (κ2) is 10.3. The lowest BCUT2D eigenvalue weighted by molar-refractivity contribution is -0.116. The summed E-state index contributed by atoms with van der Waals surface area (Å²) < 4.78 is 25.6. The Labute approximate surface area is 168 Å². The maximum Gasteiger partial charge on any atom is 0.232 e. The van der Waals surface area contributed by atoms with Crippen LogP contribution in [0.5, 0.6) is 0 Å². The van der Waals surface area contributed by atoms with Crippen molar-refractivity contribution in [2.75, 3.05) is 22.4 Å². The van der Waals surface area contributed by atoms with Gasteiger partial charge >= 0.3 is 0 Å². The van der Waals surface area contributed by atoms with E-state index in [1.165, 1.54) is 16.1 Å². The molecule has 0 unspecified atom stereocenters. The minimum absolute atomic E-state index is 0.112. The number of carbonyl (C=O) groups excluding carboxylic acids is 1. The van der Waals surface area contributed by atoms with Crippen LogP contribution in [0.3, 0.4) is 0 Å². The van der Waals surface area contributed by atoms with Gasteiger partial charge in [-0.3, -0.25) is 9.10 Å². The van der Waals surface area contributed by atoms with Crippen molar-refractivity contribution in [3.63, 3.8) is 0 Å². The summed E-state index contributed by atoms with van der Waals surface area (Å²) in [6.45, 7) is 4.39. The molecule has 1 amide bonds. The smallest absolute Gasteiger partial charge is 0.232 e. The fourth-order valence-electron chi connectivity index (χ4n) is 2.94. The standard InChI is InChI=1S/C22H30N2O3S/c1-4-5-7-19-11-13-20(14-12-19)23-22(25)8-6-17-24(28(3,26)27)21-15-9-18(2)10-16-21/h9-16H,4-8,17H2,1-3H3,(H,23,25). The van der Waals surface area contributed by atoms with Crippen LogP contribution in [0.15, 0.2) is 48.5 Å². The average molecular weight is 403 g/mol. The molecule has 0 atom stereocenters. The first kappa shape index (κ1) is 22.0. The van der Waals surface area contributed by atoms with Crippen LogP contribution in [0.1, 0.15) is 43.7 Å². The molecule has 0 saturated heterocycles. The molecule has 0 saturated carbocycles. The van der Waals surface area contributed by atoms with E-state index in [0.717, 1.165) is 30.5 Å². The highest BCUT2D eigenvalue weighted by molar-refractivity contribution is 7.92. The normalized spacial score (nSPS) is 11.2. The van der Waals surface area contributed by atoms with Crippen molar-refractivity contribution in [1.82, 2.24) is 0 Å². The zero-order chi connectivity index (χ0) is 20.6. The maximum absolute atomic E-state index is 12.2. The van der Waals surface area contributed by atoms with Crippen LogP contribution in [-0.2, 0) is 21.2 Å². The van der Waals surface area contributed by atoms with Gasteiger partial charge in [-0.25, -0.2) is 8.42 Å². The summed E-state index contributed by atoms with van der Waals surface area (Å²) >= 11 is 0. The third kappa shape index (κ3) is 7.00. The van der Waals surface area contributed by atoms with Crippen LogP contribution in [0.25, 0.3) is 0 Å². The Bertz CT molecular complexity index is 860. The van der Waals surface area contributed by atoms with E-state index in [0.29, 0.717) is 12.1 Å². The van der Waals surface area contributed by atoms with E-state index < -0.39 is 10.0 Å². The molecule has 0 spiro atoms. The molecule has 0 aromatic heterocycles. The molecule has 0 radical (unpaired) electrons. The summed E-state index contributed by atoms with van der Waals surface area (Å²) in [6, 6.07) is 15.2. The Morgan fingerprint density at radius 1 is 1.00 bits per heavy atom. The van der Waals surface area contributed by atoms with Gasteiger partial charge in [-0.15, -0.1) is 0 Å². The molecule has 152 valence electrons.